The van der Waals surface area contributed by atoms with Crippen LogP contribution in [0.15, 0.2) is 36.7 Å². The van der Waals surface area contributed by atoms with Crippen LogP contribution >= 0.6 is 0 Å². The third kappa shape index (κ3) is 3.29. The van der Waals surface area contributed by atoms with E-state index in [2.05, 4.69) is 38.4 Å². The first-order valence-corrected chi connectivity index (χ1v) is 10.6. The normalized spacial score (nSPS) is 26.3. The van der Waals surface area contributed by atoms with Gasteiger partial charge in [-0.2, -0.15) is 15.5 Å². The molecule has 2 aliphatic heterocycles. The molecule has 0 aromatic carbocycles. The molecule has 3 fully saturated rings. The largest absolute Gasteiger partial charge is 0.347 e. The molecule has 1 amide bonds. The summed E-state index contributed by atoms with van der Waals surface area (Å²) in [5.41, 5.74) is 1.30. The summed E-state index contributed by atoms with van der Waals surface area (Å²) in [4.78, 5) is 21.9. The number of hydrogen-bond donors (Lipinski definition) is 1. The summed E-state index contributed by atoms with van der Waals surface area (Å²) in [6.07, 6.45) is 6.32. The third-order valence-electron chi connectivity index (χ3n) is 6.77. The number of piperazine rings is 1. The Labute approximate surface area is 175 Å². The van der Waals surface area contributed by atoms with E-state index in [0.29, 0.717) is 31.1 Å². The van der Waals surface area contributed by atoms with Gasteiger partial charge in [0, 0.05) is 31.5 Å². The van der Waals surface area contributed by atoms with Crippen LogP contribution in [0, 0.1) is 17.2 Å². The lowest BCUT2D eigenvalue weighted by Crippen LogP contribution is -2.58. The number of fused-ring (bicyclic) bond motifs is 2. The van der Waals surface area contributed by atoms with Crippen LogP contribution in [0.2, 0.25) is 0 Å². The average molecular weight is 403 g/mol. The van der Waals surface area contributed by atoms with E-state index in [1.165, 1.54) is 0 Å². The molecule has 2 saturated heterocycles. The van der Waals surface area contributed by atoms with Crippen molar-refractivity contribution in [2.24, 2.45) is 5.92 Å². The molecule has 154 valence electrons. The van der Waals surface area contributed by atoms with Gasteiger partial charge >= 0.3 is 0 Å². The van der Waals surface area contributed by atoms with Gasteiger partial charge in [-0.15, -0.1) is 0 Å². The third-order valence-corrected chi connectivity index (χ3v) is 6.77. The van der Waals surface area contributed by atoms with E-state index in [0.717, 1.165) is 30.8 Å². The number of nitriles is 1. The second-order valence-electron chi connectivity index (χ2n) is 8.70. The van der Waals surface area contributed by atoms with Crippen molar-refractivity contribution in [2.75, 3.05) is 24.5 Å². The first kappa shape index (κ1) is 18.9. The standard InChI is InChI=1S/C22H25N7O/c1-15-9-17-13-28(14-18(15)29(17)20-5-4-16(10-23)11-24-20)21(30)12-25-22(6-7-22)19-3-2-8-26-27-19/h2-5,8,11,15,17-18,25H,6-7,9,12-14H2,1H3/t15-,17?,18?/m0/s1. The lowest BCUT2D eigenvalue weighted by atomic mass is 10.0. The van der Waals surface area contributed by atoms with Gasteiger partial charge in [-0.25, -0.2) is 4.98 Å². The van der Waals surface area contributed by atoms with Crippen molar-refractivity contribution < 1.29 is 4.79 Å². The summed E-state index contributed by atoms with van der Waals surface area (Å²) in [5, 5.41) is 20.7. The second-order valence-corrected chi connectivity index (χ2v) is 8.70. The highest BCUT2D eigenvalue weighted by Gasteiger charge is 2.48. The predicted molar refractivity (Wildman–Crippen MR) is 110 cm³/mol. The molecule has 8 nitrogen and oxygen atoms in total. The molecule has 2 bridgehead atoms. The molecule has 0 radical (unpaired) electrons. The number of amides is 1. The maximum absolute atomic E-state index is 13.0. The maximum Gasteiger partial charge on any atom is 0.236 e. The monoisotopic (exact) mass is 403 g/mol. The van der Waals surface area contributed by atoms with E-state index in [-0.39, 0.29) is 23.5 Å². The minimum Gasteiger partial charge on any atom is -0.347 e. The average Bonchev–Trinajstić information content (AvgIpc) is 3.55. The highest BCUT2D eigenvalue weighted by atomic mass is 16.2. The van der Waals surface area contributed by atoms with Crippen LogP contribution in [0.1, 0.15) is 37.4 Å². The molecular formula is C22H25N7O. The Morgan fingerprint density at radius 3 is 2.83 bits per heavy atom. The van der Waals surface area contributed by atoms with Gasteiger partial charge in [0.05, 0.1) is 29.4 Å². The van der Waals surface area contributed by atoms with E-state index in [1.807, 2.05) is 29.2 Å². The lowest BCUT2D eigenvalue weighted by Gasteiger charge is -2.42. The maximum atomic E-state index is 13.0. The Morgan fingerprint density at radius 2 is 2.20 bits per heavy atom. The van der Waals surface area contributed by atoms with Gasteiger partial charge in [-0.05, 0) is 49.4 Å². The number of nitrogens with zero attached hydrogens (tertiary/aromatic N) is 6. The molecule has 30 heavy (non-hydrogen) atoms. The van der Waals surface area contributed by atoms with Crippen molar-refractivity contribution in [2.45, 2.75) is 43.8 Å². The molecule has 2 aromatic heterocycles. The first-order valence-electron chi connectivity index (χ1n) is 10.6. The zero-order valence-electron chi connectivity index (χ0n) is 17.0. The number of aromatic nitrogens is 3. The summed E-state index contributed by atoms with van der Waals surface area (Å²) < 4.78 is 0. The quantitative estimate of drug-likeness (QED) is 0.807. The lowest BCUT2D eigenvalue weighted by molar-refractivity contribution is -0.131. The highest BCUT2D eigenvalue weighted by Crippen LogP contribution is 2.44. The smallest absolute Gasteiger partial charge is 0.236 e. The molecule has 3 atom stereocenters. The van der Waals surface area contributed by atoms with Gasteiger partial charge in [0.2, 0.25) is 5.91 Å². The number of nitrogens with one attached hydrogen (secondary N) is 1. The Bertz CT molecular complexity index is 967. The van der Waals surface area contributed by atoms with Gasteiger partial charge < -0.3 is 9.80 Å². The summed E-state index contributed by atoms with van der Waals surface area (Å²) >= 11 is 0. The molecule has 1 aliphatic carbocycles. The molecule has 4 heterocycles. The summed E-state index contributed by atoms with van der Waals surface area (Å²) in [7, 11) is 0. The van der Waals surface area contributed by atoms with E-state index in [4.69, 9.17) is 5.26 Å². The molecule has 2 unspecified atom stereocenters. The minimum absolute atomic E-state index is 0.140. The molecule has 5 rings (SSSR count). The highest BCUT2D eigenvalue weighted by molar-refractivity contribution is 5.79. The van der Waals surface area contributed by atoms with Crippen LogP contribution in [0.3, 0.4) is 0 Å². The molecule has 1 saturated carbocycles. The fraction of sp³-hybridized carbons (Fsp3) is 0.500. The number of hydrogen-bond acceptors (Lipinski definition) is 7. The number of carbonyl (C=O) groups excluding carboxylic acids is 1. The number of carbonyl (C=O) groups is 1. The van der Waals surface area contributed by atoms with E-state index in [9.17, 15) is 4.79 Å². The Balaban J connectivity index is 1.25. The Hall–Kier alpha value is -3.05. The van der Waals surface area contributed by atoms with Crippen LogP contribution in [0.4, 0.5) is 5.82 Å². The fourth-order valence-corrected chi connectivity index (χ4v) is 4.96. The van der Waals surface area contributed by atoms with Gasteiger partial charge in [0.1, 0.15) is 11.9 Å². The SMILES string of the molecule is C[C@H]1CC2CN(C(=O)CNC3(c4cccnn4)CC3)CC1N2c1ccc(C#N)cn1. The predicted octanol–water partition coefficient (Wildman–Crippen LogP) is 1.45. The van der Waals surface area contributed by atoms with Crippen molar-refractivity contribution in [3.05, 3.63) is 47.9 Å². The van der Waals surface area contributed by atoms with Crippen LogP contribution in [0.5, 0.6) is 0 Å². The van der Waals surface area contributed by atoms with Gasteiger partial charge in [-0.1, -0.05) is 6.92 Å². The van der Waals surface area contributed by atoms with E-state index >= 15 is 0 Å². The van der Waals surface area contributed by atoms with Crippen molar-refractivity contribution >= 4 is 11.7 Å². The molecule has 3 aliphatic rings. The Morgan fingerprint density at radius 1 is 1.33 bits per heavy atom. The zero-order chi connectivity index (χ0) is 20.7. The Kier molecular flexibility index (Phi) is 4.63. The van der Waals surface area contributed by atoms with Crippen LogP contribution < -0.4 is 10.2 Å². The number of likely N-dealkylation sites (tertiary alicyclic amines) is 1. The molecule has 0 spiro atoms. The van der Waals surface area contributed by atoms with E-state index in [1.54, 1.807) is 12.4 Å². The molecule has 2 aromatic rings. The molecular weight excluding hydrogens is 378 g/mol. The topological polar surface area (TPSA) is 98.0 Å². The summed E-state index contributed by atoms with van der Waals surface area (Å²) in [5.74, 6) is 1.53. The molecule has 8 heteroatoms. The summed E-state index contributed by atoms with van der Waals surface area (Å²) in [6.45, 7) is 3.99. The number of anilines is 1. The summed E-state index contributed by atoms with van der Waals surface area (Å²) in [6, 6.07) is 10.2. The van der Waals surface area contributed by atoms with Gasteiger partial charge in [-0.3, -0.25) is 10.1 Å². The van der Waals surface area contributed by atoms with E-state index < -0.39 is 0 Å². The number of pyridine rings is 1. The van der Waals surface area contributed by atoms with Crippen molar-refractivity contribution in [1.29, 1.82) is 5.26 Å². The second kappa shape index (κ2) is 7.33. The molecule has 1 N–H and O–H groups in total. The van der Waals surface area contributed by atoms with Crippen molar-refractivity contribution in [3.63, 3.8) is 0 Å². The van der Waals surface area contributed by atoms with Crippen molar-refractivity contribution in [3.8, 4) is 6.07 Å². The van der Waals surface area contributed by atoms with Crippen LogP contribution in [-0.2, 0) is 10.3 Å². The minimum atomic E-state index is -0.190. The van der Waals surface area contributed by atoms with Gasteiger partial charge in [0.25, 0.3) is 0 Å². The van der Waals surface area contributed by atoms with Gasteiger partial charge in [0.15, 0.2) is 0 Å². The number of rotatable bonds is 5. The first-order chi connectivity index (χ1) is 14.6. The van der Waals surface area contributed by atoms with Crippen molar-refractivity contribution in [1.82, 2.24) is 25.4 Å². The fourth-order valence-electron chi connectivity index (χ4n) is 4.96. The van der Waals surface area contributed by atoms with Crippen LogP contribution in [0.25, 0.3) is 0 Å². The zero-order valence-corrected chi connectivity index (χ0v) is 17.0. The van der Waals surface area contributed by atoms with Crippen LogP contribution in [-0.4, -0.2) is 57.7 Å².